The van der Waals surface area contributed by atoms with Crippen LogP contribution in [-0.4, -0.2) is 32.5 Å². The zero-order chi connectivity index (χ0) is 15.0. The fraction of sp³-hybridized carbons (Fsp3) is 0.625. The van der Waals surface area contributed by atoms with Crippen LogP contribution in [0.4, 0.5) is 0 Å². The van der Waals surface area contributed by atoms with E-state index in [0.29, 0.717) is 19.8 Å². The minimum absolute atomic E-state index is 0.0966. The van der Waals surface area contributed by atoms with Gasteiger partial charge in [-0.15, -0.1) is 0 Å². The Kier molecular flexibility index (Phi) is 6.82. The van der Waals surface area contributed by atoms with Crippen molar-refractivity contribution in [2.45, 2.75) is 39.8 Å². The summed E-state index contributed by atoms with van der Waals surface area (Å²) in [6.45, 7) is 10.9. The van der Waals surface area contributed by atoms with Crippen molar-refractivity contribution < 1.29 is 14.2 Å². The highest BCUT2D eigenvalue weighted by molar-refractivity contribution is 5.43. The van der Waals surface area contributed by atoms with E-state index in [1.807, 2.05) is 19.1 Å². The molecule has 0 fully saturated rings. The molecule has 0 saturated heterocycles. The van der Waals surface area contributed by atoms with Crippen LogP contribution in [0.15, 0.2) is 18.2 Å². The van der Waals surface area contributed by atoms with Crippen molar-refractivity contribution in [2.75, 3.05) is 26.9 Å². The third kappa shape index (κ3) is 6.26. The van der Waals surface area contributed by atoms with Gasteiger partial charge in [0.2, 0.25) is 0 Å². The van der Waals surface area contributed by atoms with E-state index in [4.69, 9.17) is 14.2 Å². The van der Waals surface area contributed by atoms with Crippen LogP contribution in [0.25, 0.3) is 0 Å². The van der Waals surface area contributed by atoms with E-state index < -0.39 is 0 Å². The molecule has 1 rings (SSSR count). The van der Waals surface area contributed by atoms with Crippen molar-refractivity contribution in [1.82, 2.24) is 5.32 Å². The molecule has 114 valence electrons. The third-order valence-electron chi connectivity index (χ3n) is 2.68. The van der Waals surface area contributed by atoms with E-state index in [-0.39, 0.29) is 5.54 Å². The Morgan fingerprint density at radius 2 is 1.80 bits per heavy atom. The first-order valence-electron chi connectivity index (χ1n) is 7.08. The van der Waals surface area contributed by atoms with Crippen molar-refractivity contribution in [3.63, 3.8) is 0 Å². The lowest BCUT2D eigenvalue weighted by atomic mass is 10.1. The molecule has 0 spiro atoms. The van der Waals surface area contributed by atoms with Gasteiger partial charge in [-0.3, -0.25) is 0 Å². The summed E-state index contributed by atoms with van der Waals surface area (Å²) in [7, 11) is 1.66. The molecule has 1 aromatic rings. The molecule has 20 heavy (non-hydrogen) atoms. The van der Waals surface area contributed by atoms with Crippen LogP contribution >= 0.6 is 0 Å². The highest BCUT2D eigenvalue weighted by Crippen LogP contribution is 2.28. The average molecular weight is 281 g/mol. The van der Waals surface area contributed by atoms with Crippen molar-refractivity contribution in [2.24, 2.45) is 0 Å². The highest BCUT2D eigenvalue weighted by Gasteiger charge is 2.10. The number of hydrogen-bond acceptors (Lipinski definition) is 4. The van der Waals surface area contributed by atoms with Gasteiger partial charge in [-0.2, -0.15) is 0 Å². The second-order valence-corrected chi connectivity index (χ2v) is 5.66. The topological polar surface area (TPSA) is 39.7 Å². The largest absolute Gasteiger partial charge is 0.490 e. The maximum Gasteiger partial charge on any atom is 0.161 e. The molecule has 0 saturated carbocycles. The van der Waals surface area contributed by atoms with Crippen LogP contribution in [0.2, 0.25) is 0 Å². The normalized spacial score (nSPS) is 11.4. The van der Waals surface area contributed by atoms with Crippen molar-refractivity contribution in [1.29, 1.82) is 0 Å². The van der Waals surface area contributed by atoms with Gasteiger partial charge in [0.05, 0.1) is 13.2 Å². The fourth-order valence-electron chi connectivity index (χ4n) is 1.65. The number of hydrogen-bond donors (Lipinski definition) is 1. The molecular formula is C16H27NO3. The molecule has 1 N–H and O–H groups in total. The standard InChI is InChI=1S/C16H27NO3/c1-6-19-15-11-13(12-17-16(2,3)4)7-8-14(15)20-10-9-18-5/h7-8,11,17H,6,9-10,12H2,1-5H3. The molecule has 0 heterocycles. The van der Waals surface area contributed by atoms with E-state index >= 15 is 0 Å². The lowest BCUT2D eigenvalue weighted by Gasteiger charge is -2.21. The van der Waals surface area contributed by atoms with Gasteiger partial charge >= 0.3 is 0 Å². The van der Waals surface area contributed by atoms with Crippen LogP contribution < -0.4 is 14.8 Å². The predicted octanol–water partition coefficient (Wildman–Crippen LogP) is 3.00. The Hall–Kier alpha value is -1.26. The lowest BCUT2D eigenvalue weighted by Crippen LogP contribution is -2.35. The first-order chi connectivity index (χ1) is 9.46. The number of nitrogens with one attached hydrogen (secondary N) is 1. The highest BCUT2D eigenvalue weighted by atomic mass is 16.5. The molecule has 0 unspecified atom stereocenters. The van der Waals surface area contributed by atoms with Crippen molar-refractivity contribution >= 4 is 0 Å². The van der Waals surface area contributed by atoms with Gasteiger partial charge in [-0.25, -0.2) is 0 Å². The van der Waals surface area contributed by atoms with Gasteiger partial charge in [-0.1, -0.05) is 6.07 Å². The first-order valence-corrected chi connectivity index (χ1v) is 7.08. The van der Waals surface area contributed by atoms with E-state index in [9.17, 15) is 0 Å². The molecule has 0 aliphatic carbocycles. The summed E-state index contributed by atoms with van der Waals surface area (Å²) in [6.07, 6.45) is 0. The Labute approximate surface area is 122 Å². The van der Waals surface area contributed by atoms with E-state index in [0.717, 1.165) is 18.0 Å². The quantitative estimate of drug-likeness (QED) is 0.744. The molecule has 1 aromatic carbocycles. The summed E-state index contributed by atoms with van der Waals surface area (Å²) in [4.78, 5) is 0. The minimum Gasteiger partial charge on any atom is -0.490 e. The zero-order valence-corrected chi connectivity index (χ0v) is 13.3. The fourth-order valence-corrected chi connectivity index (χ4v) is 1.65. The van der Waals surface area contributed by atoms with Crippen molar-refractivity contribution in [3.8, 4) is 11.5 Å². The molecule has 0 bridgehead atoms. The number of benzene rings is 1. The Bertz CT molecular complexity index is 399. The Morgan fingerprint density at radius 1 is 1.05 bits per heavy atom. The number of rotatable bonds is 8. The van der Waals surface area contributed by atoms with E-state index in [2.05, 4.69) is 32.2 Å². The maximum absolute atomic E-state index is 5.66. The van der Waals surface area contributed by atoms with E-state index in [1.54, 1.807) is 7.11 Å². The maximum atomic E-state index is 5.66. The third-order valence-corrected chi connectivity index (χ3v) is 2.68. The van der Waals surface area contributed by atoms with Crippen LogP contribution in [-0.2, 0) is 11.3 Å². The first kappa shape index (κ1) is 16.8. The zero-order valence-electron chi connectivity index (χ0n) is 13.3. The summed E-state index contributed by atoms with van der Waals surface area (Å²) >= 11 is 0. The molecule has 0 aliphatic rings. The minimum atomic E-state index is 0.0966. The molecular weight excluding hydrogens is 254 g/mol. The molecule has 0 amide bonds. The average Bonchev–Trinajstić information content (AvgIpc) is 2.38. The van der Waals surface area contributed by atoms with Gasteiger partial charge in [0.25, 0.3) is 0 Å². The summed E-state index contributed by atoms with van der Waals surface area (Å²) in [5.74, 6) is 1.56. The second kappa shape index (κ2) is 8.12. The summed E-state index contributed by atoms with van der Waals surface area (Å²) in [6, 6.07) is 6.05. The van der Waals surface area contributed by atoms with Crippen LogP contribution in [0, 0.1) is 0 Å². The van der Waals surface area contributed by atoms with Gasteiger partial charge in [0.1, 0.15) is 6.61 Å². The molecule has 0 atom stereocenters. The number of ether oxygens (including phenoxy) is 3. The Balaban J connectivity index is 2.72. The van der Waals surface area contributed by atoms with Gasteiger partial charge in [-0.05, 0) is 45.4 Å². The lowest BCUT2D eigenvalue weighted by molar-refractivity contribution is 0.143. The Morgan fingerprint density at radius 3 is 2.40 bits per heavy atom. The second-order valence-electron chi connectivity index (χ2n) is 5.66. The molecule has 4 nitrogen and oxygen atoms in total. The van der Waals surface area contributed by atoms with Gasteiger partial charge < -0.3 is 19.5 Å². The van der Waals surface area contributed by atoms with Gasteiger partial charge in [0.15, 0.2) is 11.5 Å². The smallest absolute Gasteiger partial charge is 0.161 e. The van der Waals surface area contributed by atoms with Crippen LogP contribution in [0.5, 0.6) is 11.5 Å². The molecule has 4 heteroatoms. The molecule has 0 aromatic heterocycles. The molecule has 0 aliphatic heterocycles. The SMILES string of the molecule is CCOc1cc(CNC(C)(C)C)ccc1OCCOC. The van der Waals surface area contributed by atoms with Gasteiger partial charge in [0, 0.05) is 19.2 Å². The van der Waals surface area contributed by atoms with E-state index in [1.165, 1.54) is 5.56 Å². The van der Waals surface area contributed by atoms with Crippen LogP contribution in [0.3, 0.4) is 0 Å². The predicted molar refractivity (Wildman–Crippen MR) is 81.6 cm³/mol. The summed E-state index contributed by atoms with van der Waals surface area (Å²) in [5.41, 5.74) is 1.28. The monoisotopic (exact) mass is 281 g/mol. The molecule has 0 radical (unpaired) electrons. The van der Waals surface area contributed by atoms with Crippen molar-refractivity contribution in [3.05, 3.63) is 23.8 Å². The summed E-state index contributed by atoms with van der Waals surface area (Å²) in [5, 5.41) is 3.46. The summed E-state index contributed by atoms with van der Waals surface area (Å²) < 4.78 is 16.3. The van der Waals surface area contributed by atoms with Crippen LogP contribution in [0.1, 0.15) is 33.3 Å². The number of methoxy groups -OCH3 is 1.